The summed E-state index contributed by atoms with van der Waals surface area (Å²) in [4.78, 5) is 11.9. The van der Waals surface area contributed by atoms with E-state index in [4.69, 9.17) is 21.2 Å². The topological polar surface area (TPSA) is 87.4 Å². The SMILES string of the molecule is O=C(Nc1cc(-c2cccc(Cl)c2)on1)N[C@@H]1C=C[C@H](CO)C1. The molecule has 0 fully saturated rings. The van der Waals surface area contributed by atoms with Crippen LogP contribution in [0.5, 0.6) is 0 Å². The monoisotopic (exact) mass is 333 g/mol. The molecule has 3 N–H and O–H groups in total. The molecule has 7 heteroatoms. The third-order valence-corrected chi connectivity index (χ3v) is 3.82. The highest BCUT2D eigenvalue weighted by Crippen LogP contribution is 2.25. The number of aliphatic hydroxyl groups is 1. The maximum absolute atomic E-state index is 11.9. The molecule has 0 spiro atoms. The van der Waals surface area contributed by atoms with Crippen LogP contribution in [0.3, 0.4) is 0 Å². The summed E-state index contributed by atoms with van der Waals surface area (Å²) in [6, 6.07) is 8.34. The summed E-state index contributed by atoms with van der Waals surface area (Å²) >= 11 is 5.94. The fraction of sp³-hybridized carbons (Fsp3) is 0.250. The van der Waals surface area contributed by atoms with Crippen LogP contribution in [0.1, 0.15) is 6.42 Å². The second kappa shape index (κ2) is 6.85. The lowest BCUT2D eigenvalue weighted by atomic mass is 10.1. The molecule has 0 bridgehead atoms. The number of amides is 2. The van der Waals surface area contributed by atoms with E-state index in [0.29, 0.717) is 23.0 Å². The number of nitrogens with zero attached hydrogens (tertiary/aromatic N) is 1. The molecule has 1 aromatic carbocycles. The van der Waals surface area contributed by atoms with Crippen molar-refractivity contribution in [1.29, 1.82) is 0 Å². The number of hydrogen-bond donors (Lipinski definition) is 3. The van der Waals surface area contributed by atoms with E-state index in [9.17, 15) is 4.79 Å². The molecule has 3 rings (SSSR count). The largest absolute Gasteiger partial charge is 0.396 e. The summed E-state index contributed by atoms with van der Waals surface area (Å²) in [5, 5.41) is 18.9. The van der Waals surface area contributed by atoms with Crippen LogP contribution >= 0.6 is 11.6 Å². The molecule has 6 nitrogen and oxygen atoms in total. The van der Waals surface area contributed by atoms with E-state index in [1.54, 1.807) is 18.2 Å². The van der Waals surface area contributed by atoms with Crippen LogP contribution in [-0.4, -0.2) is 28.9 Å². The van der Waals surface area contributed by atoms with Crippen molar-refractivity contribution in [2.45, 2.75) is 12.5 Å². The van der Waals surface area contributed by atoms with Crippen molar-refractivity contribution < 1.29 is 14.4 Å². The maximum Gasteiger partial charge on any atom is 0.320 e. The molecule has 2 atom stereocenters. The Morgan fingerprint density at radius 3 is 3.00 bits per heavy atom. The summed E-state index contributed by atoms with van der Waals surface area (Å²) in [5.74, 6) is 0.934. The minimum Gasteiger partial charge on any atom is -0.396 e. The highest BCUT2D eigenvalue weighted by atomic mass is 35.5. The third-order valence-electron chi connectivity index (χ3n) is 3.58. The van der Waals surface area contributed by atoms with Crippen LogP contribution in [-0.2, 0) is 0 Å². The number of urea groups is 1. The Morgan fingerprint density at radius 2 is 2.26 bits per heavy atom. The normalized spacial score (nSPS) is 19.7. The number of carbonyl (C=O) groups excluding carboxylic acids is 1. The maximum atomic E-state index is 11.9. The van der Waals surface area contributed by atoms with Gasteiger partial charge < -0.3 is 14.9 Å². The van der Waals surface area contributed by atoms with Gasteiger partial charge in [-0.25, -0.2) is 4.79 Å². The highest BCUT2D eigenvalue weighted by Gasteiger charge is 2.20. The van der Waals surface area contributed by atoms with Gasteiger partial charge in [0.25, 0.3) is 0 Å². The molecule has 1 heterocycles. The molecule has 0 saturated heterocycles. The van der Waals surface area contributed by atoms with E-state index in [1.807, 2.05) is 24.3 Å². The second-order valence-corrected chi connectivity index (χ2v) is 5.79. The van der Waals surface area contributed by atoms with Crippen LogP contribution in [0, 0.1) is 5.92 Å². The van der Waals surface area contributed by atoms with Crippen molar-refractivity contribution in [2.24, 2.45) is 5.92 Å². The van der Waals surface area contributed by atoms with Crippen LogP contribution in [0.4, 0.5) is 10.6 Å². The van der Waals surface area contributed by atoms with Crippen molar-refractivity contribution in [3.63, 3.8) is 0 Å². The summed E-state index contributed by atoms with van der Waals surface area (Å²) in [5.41, 5.74) is 0.781. The van der Waals surface area contributed by atoms with E-state index in [2.05, 4.69) is 15.8 Å². The molecular formula is C16H16ClN3O3. The van der Waals surface area contributed by atoms with Crippen LogP contribution in [0.25, 0.3) is 11.3 Å². The molecule has 23 heavy (non-hydrogen) atoms. The van der Waals surface area contributed by atoms with E-state index >= 15 is 0 Å². The van der Waals surface area contributed by atoms with Gasteiger partial charge in [-0.3, -0.25) is 5.32 Å². The zero-order valence-electron chi connectivity index (χ0n) is 12.2. The molecule has 0 unspecified atom stereocenters. The minimum absolute atomic E-state index is 0.0859. The van der Waals surface area contributed by atoms with Crippen molar-refractivity contribution in [3.8, 4) is 11.3 Å². The average Bonchev–Trinajstić information content (AvgIpc) is 3.16. The van der Waals surface area contributed by atoms with Crippen molar-refractivity contribution in [3.05, 3.63) is 47.5 Å². The number of aliphatic hydroxyl groups excluding tert-OH is 1. The summed E-state index contributed by atoms with van der Waals surface area (Å²) in [6.07, 6.45) is 4.47. The van der Waals surface area contributed by atoms with Crippen molar-refractivity contribution in [1.82, 2.24) is 10.5 Å². The predicted octanol–water partition coefficient (Wildman–Crippen LogP) is 3.05. The Balaban J connectivity index is 1.59. The number of halogens is 1. The first-order chi connectivity index (χ1) is 11.1. The smallest absolute Gasteiger partial charge is 0.320 e. The standard InChI is InChI=1S/C16H16ClN3O3/c17-12-3-1-2-11(7-12)14-8-15(20-23-14)19-16(22)18-13-5-4-10(6-13)9-21/h1-5,7-8,10,13,21H,6,9H2,(H2,18,19,20,22)/t10-,13+/m0/s1. The van der Waals surface area contributed by atoms with Gasteiger partial charge in [-0.2, -0.15) is 0 Å². The summed E-state index contributed by atoms with van der Waals surface area (Å²) < 4.78 is 5.21. The predicted molar refractivity (Wildman–Crippen MR) is 87.2 cm³/mol. The van der Waals surface area contributed by atoms with Gasteiger partial charge in [0, 0.05) is 35.2 Å². The summed E-state index contributed by atoms with van der Waals surface area (Å²) in [6.45, 7) is 0.0859. The molecule has 0 radical (unpaired) electrons. The van der Waals surface area contributed by atoms with E-state index in [-0.39, 0.29) is 24.6 Å². The van der Waals surface area contributed by atoms with Gasteiger partial charge in [-0.1, -0.05) is 41.0 Å². The fourth-order valence-electron chi connectivity index (χ4n) is 2.45. The molecule has 1 aliphatic rings. The van der Waals surface area contributed by atoms with Gasteiger partial charge in [0.2, 0.25) is 0 Å². The average molecular weight is 334 g/mol. The lowest BCUT2D eigenvalue weighted by Crippen LogP contribution is -2.36. The first-order valence-electron chi connectivity index (χ1n) is 7.23. The Hall–Kier alpha value is -2.31. The number of carbonyl (C=O) groups is 1. The van der Waals surface area contributed by atoms with Gasteiger partial charge in [0.05, 0.1) is 0 Å². The number of nitrogens with one attached hydrogen (secondary N) is 2. The van der Waals surface area contributed by atoms with Crippen LogP contribution < -0.4 is 10.6 Å². The molecule has 1 aromatic heterocycles. The number of rotatable bonds is 4. The van der Waals surface area contributed by atoms with Crippen LogP contribution in [0.2, 0.25) is 5.02 Å². The summed E-state index contributed by atoms with van der Waals surface area (Å²) in [7, 11) is 0. The third kappa shape index (κ3) is 3.91. The molecule has 2 aromatic rings. The van der Waals surface area contributed by atoms with Gasteiger partial charge in [-0.15, -0.1) is 0 Å². The Morgan fingerprint density at radius 1 is 1.39 bits per heavy atom. The zero-order chi connectivity index (χ0) is 16.2. The quantitative estimate of drug-likeness (QED) is 0.750. The zero-order valence-corrected chi connectivity index (χ0v) is 13.0. The first kappa shape index (κ1) is 15.6. The van der Waals surface area contributed by atoms with Gasteiger partial charge in [0.15, 0.2) is 11.6 Å². The Labute approximate surface area is 138 Å². The second-order valence-electron chi connectivity index (χ2n) is 5.35. The van der Waals surface area contributed by atoms with Crippen molar-refractivity contribution >= 4 is 23.4 Å². The lowest BCUT2D eigenvalue weighted by molar-refractivity contribution is 0.238. The minimum atomic E-state index is -0.371. The molecule has 0 saturated carbocycles. The molecule has 0 aliphatic heterocycles. The number of anilines is 1. The Kier molecular flexibility index (Phi) is 4.64. The first-order valence-corrected chi connectivity index (χ1v) is 7.61. The molecule has 2 amide bonds. The highest BCUT2D eigenvalue weighted by molar-refractivity contribution is 6.30. The van der Waals surface area contributed by atoms with E-state index < -0.39 is 0 Å². The number of hydrogen-bond acceptors (Lipinski definition) is 4. The number of aromatic nitrogens is 1. The van der Waals surface area contributed by atoms with E-state index in [1.165, 1.54) is 0 Å². The van der Waals surface area contributed by atoms with Crippen molar-refractivity contribution in [2.75, 3.05) is 11.9 Å². The lowest BCUT2D eigenvalue weighted by Gasteiger charge is -2.12. The number of benzene rings is 1. The van der Waals surface area contributed by atoms with Crippen LogP contribution in [0.15, 0.2) is 47.0 Å². The van der Waals surface area contributed by atoms with E-state index in [0.717, 1.165) is 5.56 Å². The van der Waals surface area contributed by atoms with Gasteiger partial charge in [-0.05, 0) is 18.6 Å². The Bertz CT molecular complexity index is 729. The molecule has 1 aliphatic carbocycles. The van der Waals surface area contributed by atoms with Gasteiger partial charge >= 0.3 is 6.03 Å². The molecular weight excluding hydrogens is 318 g/mol. The molecule has 120 valence electrons. The van der Waals surface area contributed by atoms with Gasteiger partial charge in [0.1, 0.15) is 0 Å². The fourth-order valence-corrected chi connectivity index (χ4v) is 2.64.